The van der Waals surface area contributed by atoms with E-state index in [1.54, 1.807) is 42.5 Å². The second-order valence-corrected chi connectivity index (χ2v) is 7.77. The van der Waals surface area contributed by atoms with E-state index in [1.807, 2.05) is 30.3 Å². The van der Waals surface area contributed by atoms with E-state index in [-0.39, 0.29) is 25.4 Å². The molecule has 0 radical (unpaired) electrons. The number of nitrogens with zero attached hydrogens (tertiary/aromatic N) is 2. The molecule has 3 aromatic carbocycles. The SMILES string of the molecule is O=C(CCn1c(=O)c2ccccc2n(Cc2ccccc2F)c1=O)NCCc1ccccc1. The molecule has 4 rings (SSSR count). The number of para-hydroxylation sites is 1. The summed E-state index contributed by atoms with van der Waals surface area (Å²) >= 11 is 0. The lowest BCUT2D eigenvalue weighted by Gasteiger charge is -2.14. The quantitative estimate of drug-likeness (QED) is 0.453. The van der Waals surface area contributed by atoms with Crippen LogP contribution in [0, 0.1) is 5.82 Å². The molecule has 0 aliphatic rings. The van der Waals surface area contributed by atoms with Crippen LogP contribution >= 0.6 is 0 Å². The van der Waals surface area contributed by atoms with Gasteiger partial charge >= 0.3 is 5.69 Å². The van der Waals surface area contributed by atoms with Crippen molar-refractivity contribution < 1.29 is 9.18 Å². The summed E-state index contributed by atoms with van der Waals surface area (Å²) in [5.74, 6) is -0.671. The molecule has 0 unspecified atom stereocenters. The third kappa shape index (κ3) is 5.09. The van der Waals surface area contributed by atoms with Crippen LogP contribution in [0.1, 0.15) is 17.5 Å². The zero-order valence-electron chi connectivity index (χ0n) is 18.0. The summed E-state index contributed by atoms with van der Waals surface area (Å²) in [6, 6.07) is 22.7. The molecular formula is C26H24FN3O3. The molecule has 4 aromatic rings. The van der Waals surface area contributed by atoms with Gasteiger partial charge in [0.25, 0.3) is 5.56 Å². The van der Waals surface area contributed by atoms with E-state index in [1.165, 1.54) is 10.6 Å². The molecule has 1 aromatic heterocycles. The lowest BCUT2D eigenvalue weighted by atomic mass is 10.1. The highest BCUT2D eigenvalue weighted by atomic mass is 19.1. The smallest absolute Gasteiger partial charge is 0.331 e. The minimum Gasteiger partial charge on any atom is -0.356 e. The van der Waals surface area contributed by atoms with Gasteiger partial charge in [0, 0.05) is 25.1 Å². The largest absolute Gasteiger partial charge is 0.356 e. The average Bonchev–Trinajstić information content (AvgIpc) is 2.83. The van der Waals surface area contributed by atoms with E-state index in [0.29, 0.717) is 29.4 Å². The van der Waals surface area contributed by atoms with E-state index >= 15 is 0 Å². The number of hydrogen-bond donors (Lipinski definition) is 1. The standard InChI is InChI=1S/C26H24FN3O3/c27-22-12-6-4-10-20(22)18-30-23-13-7-5-11-21(23)25(32)29(26(30)33)17-15-24(31)28-16-14-19-8-2-1-3-9-19/h1-13H,14-18H2,(H,28,31). The predicted octanol–water partition coefficient (Wildman–Crippen LogP) is 3.10. The molecule has 0 bridgehead atoms. The number of aromatic nitrogens is 2. The summed E-state index contributed by atoms with van der Waals surface area (Å²) in [7, 11) is 0. The molecule has 1 heterocycles. The minimum atomic E-state index is -0.570. The summed E-state index contributed by atoms with van der Waals surface area (Å²) in [6.45, 7) is 0.388. The molecule has 6 nitrogen and oxygen atoms in total. The van der Waals surface area contributed by atoms with Gasteiger partial charge in [0.05, 0.1) is 17.4 Å². The van der Waals surface area contributed by atoms with Gasteiger partial charge in [0.1, 0.15) is 5.82 Å². The fourth-order valence-electron chi connectivity index (χ4n) is 3.81. The van der Waals surface area contributed by atoms with Crippen molar-refractivity contribution >= 4 is 16.8 Å². The number of nitrogens with one attached hydrogen (secondary N) is 1. The Kier molecular flexibility index (Phi) is 6.78. The van der Waals surface area contributed by atoms with Crippen LogP contribution < -0.4 is 16.6 Å². The summed E-state index contributed by atoms with van der Waals surface area (Å²) in [5.41, 5.74) is 0.851. The van der Waals surface area contributed by atoms with Crippen LogP contribution in [0.3, 0.4) is 0 Å². The molecule has 1 amide bonds. The van der Waals surface area contributed by atoms with Gasteiger partial charge in [-0.25, -0.2) is 9.18 Å². The zero-order valence-corrected chi connectivity index (χ0v) is 18.0. The molecule has 0 saturated heterocycles. The highest BCUT2D eigenvalue weighted by Crippen LogP contribution is 2.12. The van der Waals surface area contributed by atoms with Crippen molar-refractivity contribution in [2.24, 2.45) is 0 Å². The molecule has 0 aliphatic carbocycles. The number of carbonyl (C=O) groups excluding carboxylic acids is 1. The monoisotopic (exact) mass is 445 g/mol. The van der Waals surface area contributed by atoms with Crippen molar-refractivity contribution in [2.75, 3.05) is 6.54 Å². The predicted molar refractivity (Wildman–Crippen MR) is 126 cm³/mol. The Bertz CT molecular complexity index is 1390. The van der Waals surface area contributed by atoms with Crippen molar-refractivity contribution in [1.29, 1.82) is 0 Å². The number of hydrogen-bond acceptors (Lipinski definition) is 3. The fourth-order valence-corrected chi connectivity index (χ4v) is 3.81. The molecule has 0 fully saturated rings. The van der Waals surface area contributed by atoms with Crippen molar-refractivity contribution in [3.8, 4) is 0 Å². The maximum absolute atomic E-state index is 14.2. The molecule has 0 spiro atoms. The van der Waals surface area contributed by atoms with E-state index < -0.39 is 17.1 Å². The highest BCUT2D eigenvalue weighted by Gasteiger charge is 2.15. The number of halogens is 1. The van der Waals surface area contributed by atoms with Crippen molar-refractivity contribution in [3.05, 3.63) is 117 Å². The van der Waals surface area contributed by atoms with Crippen LogP contribution in [0.15, 0.2) is 88.5 Å². The van der Waals surface area contributed by atoms with Crippen molar-refractivity contribution in [3.63, 3.8) is 0 Å². The second-order valence-electron chi connectivity index (χ2n) is 7.77. The molecule has 0 atom stereocenters. The summed E-state index contributed by atoms with van der Waals surface area (Å²) < 4.78 is 16.7. The topological polar surface area (TPSA) is 73.1 Å². The molecule has 0 aliphatic heterocycles. The van der Waals surface area contributed by atoms with Gasteiger partial charge in [-0.3, -0.25) is 18.7 Å². The van der Waals surface area contributed by atoms with E-state index in [9.17, 15) is 18.8 Å². The highest BCUT2D eigenvalue weighted by molar-refractivity contribution is 5.78. The lowest BCUT2D eigenvalue weighted by molar-refractivity contribution is -0.121. The first-order valence-corrected chi connectivity index (χ1v) is 10.8. The Balaban J connectivity index is 1.55. The van der Waals surface area contributed by atoms with Crippen LogP contribution in [0.2, 0.25) is 0 Å². The Hall–Kier alpha value is -4.00. The Labute approximate surface area is 189 Å². The Morgan fingerprint density at radius 3 is 2.33 bits per heavy atom. The molecule has 1 N–H and O–H groups in total. The molecular weight excluding hydrogens is 421 g/mol. The van der Waals surface area contributed by atoms with Crippen LogP contribution in [-0.2, 0) is 24.3 Å². The summed E-state index contributed by atoms with van der Waals surface area (Å²) in [6.07, 6.45) is 0.680. The van der Waals surface area contributed by atoms with Crippen molar-refractivity contribution in [1.82, 2.24) is 14.5 Å². The van der Waals surface area contributed by atoms with Crippen LogP contribution in [-0.4, -0.2) is 21.6 Å². The number of benzene rings is 3. The minimum absolute atomic E-state index is 0.0119. The Morgan fingerprint density at radius 1 is 0.848 bits per heavy atom. The molecule has 0 saturated carbocycles. The van der Waals surface area contributed by atoms with Crippen LogP contribution in [0.4, 0.5) is 4.39 Å². The summed E-state index contributed by atoms with van der Waals surface area (Å²) in [5, 5.41) is 3.17. The Morgan fingerprint density at radius 2 is 1.55 bits per heavy atom. The summed E-state index contributed by atoms with van der Waals surface area (Å²) in [4.78, 5) is 38.5. The third-order valence-electron chi connectivity index (χ3n) is 5.56. The first-order valence-electron chi connectivity index (χ1n) is 10.8. The van der Waals surface area contributed by atoms with Gasteiger partial charge in [-0.1, -0.05) is 60.7 Å². The number of rotatable bonds is 8. The van der Waals surface area contributed by atoms with E-state index in [4.69, 9.17) is 0 Å². The maximum atomic E-state index is 14.2. The van der Waals surface area contributed by atoms with Gasteiger partial charge in [0.15, 0.2) is 0 Å². The lowest BCUT2D eigenvalue weighted by Crippen LogP contribution is -2.41. The number of amides is 1. The van der Waals surface area contributed by atoms with Gasteiger partial charge in [-0.05, 0) is 30.2 Å². The van der Waals surface area contributed by atoms with Gasteiger partial charge in [-0.2, -0.15) is 0 Å². The number of carbonyl (C=O) groups is 1. The number of fused-ring (bicyclic) bond motifs is 1. The van der Waals surface area contributed by atoms with Gasteiger partial charge in [-0.15, -0.1) is 0 Å². The zero-order chi connectivity index (χ0) is 23.2. The van der Waals surface area contributed by atoms with Gasteiger partial charge in [0.2, 0.25) is 5.91 Å². The first-order chi connectivity index (χ1) is 16.0. The third-order valence-corrected chi connectivity index (χ3v) is 5.56. The maximum Gasteiger partial charge on any atom is 0.331 e. The van der Waals surface area contributed by atoms with Crippen LogP contribution in [0.25, 0.3) is 10.9 Å². The van der Waals surface area contributed by atoms with E-state index in [2.05, 4.69) is 5.32 Å². The second kappa shape index (κ2) is 10.1. The van der Waals surface area contributed by atoms with Crippen molar-refractivity contribution in [2.45, 2.75) is 25.9 Å². The van der Waals surface area contributed by atoms with E-state index in [0.717, 1.165) is 10.1 Å². The van der Waals surface area contributed by atoms with Gasteiger partial charge < -0.3 is 5.32 Å². The molecule has 7 heteroatoms. The first kappa shape index (κ1) is 22.2. The normalized spacial score (nSPS) is 10.9. The molecule has 168 valence electrons. The fraction of sp³-hybridized carbons (Fsp3) is 0.192. The van der Waals surface area contributed by atoms with Crippen LogP contribution in [0.5, 0.6) is 0 Å². The average molecular weight is 445 g/mol. The molecule has 33 heavy (non-hydrogen) atoms.